The van der Waals surface area contributed by atoms with E-state index in [9.17, 15) is 0 Å². The SMILES string of the molecule is CC(C)c1ccc(-c2cnc(N)[nH]2)cc1. The summed E-state index contributed by atoms with van der Waals surface area (Å²) in [5.74, 6) is 1.02. The quantitative estimate of drug-likeness (QED) is 0.785. The number of hydrogen-bond acceptors (Lipinski definition) is 2. The van der Waals surface area contributed by atoms with Crippen molar-refractivity contribution in [2.45, 2.75) is 19.8 Å². The van der Waals surface area contributed by atoms with E-state index in [2.05, 4.69) is 48.1 Å². The summed E-state index contributed by atoms with van der Waals surface area (Å²) in [6.45, 7) is 4.37. The highest BCUT2D eigenvalue weighted by Gasteiger charge is 2.02. The second-order valence-corrected chi connectivity index (χ2v) is 3.96. The minimum absolute atomic E-state index is 0.456. The van der Waals surface area contributed by atoms with Gasteiger partial charge in [0.2, 0.25) is 0 Å². The lowest BCUT2D eigenvalue weighted by atomic mass is 10.0. The molecular formula is C12H15N3. The van der Waals surface area contributed by atoms with Gasteiger partial charge in [-0.25, -0.2) is 4.98 Å². The highest BCUT2D eigenvalue weighted by molar-refractivity contribution is 5.60. The molecule has 2 rings (SSSR count). The molecule has 0 atom stereocenters. The molecule has 1 aromatic carbocycles. The molecule has 1 aromatic heterocycles. The average molecular weight is 201 g/mol. The number of nitrogen functional groups attached to an aromatic ring is 1. The number of aromatic nitrogens is 2. The van der Waals surface area contributed by atoms with Crippen molar-refractivity contribution >= 4 is 5.95 Å². The Kier molecular flexibility index (Phi) is 2.46. The van der Waals surface area contributed by atoms with E-state index in [4.69, 9.17) is 5.73 Å². The highest BCUT2D eigenvalue weighted by atomic mass is 15.0. The van der Waals surface area contributed by atoms with Gasteiger partial charge in [-0.2, -0.15) is 0 Å². The van der Waals surface area contributed by atoms with Gasteiger partial charge >= 0.3 is 0 Å². The van der Waals surface area contributed by atoms with E-state index < -0.39 is 0 Å². The maximum absolute atomic E-state index is 5.53. The lowest BCUT2D eigenvalue weighted by molar-refractivity contribution is 0.867. The molecule has 0 saturated heterocycles. The monoisotopic (exact) mass is 201 g/mol. The summed E-state index contributed by atoms with van der Waals surface area (Å²) in [6.07, 6.45) is 1.75. The molecule has 0 aliphatic heterocycles. The fourth-order valence-corrected chi connectivity index (χ4v) is 1.53. The Bertz CT molecular complexity index is 440. The van der Waals surface area contributed by atoms with Crippen molar-refractivity contribution in [1.29, 1.82) is 0 Å². The third kappa shape index (κ3) is 2.01. The molecule has 3 N–H and O–H groups in total. The molecule has 0 aliphatic rings. The van der Waals surface area contributed by atoms with Gasteiger partial charge in [-0.3, -0.25) is 0 Å². The minimum Gasteiger partial charge on any atom is -0.369 e. The number of H-pyrrole nitrogens is 1. The lowest BCUT2D eigenvalue weighted by Gasteiger charge is -2.05. The van der Waals surface area contributed by atoms with Gasteiger partial charge in [0, 0.05) is 0 Å². The molecule has 2 aromatic rings. The van der Waals surface area contributed by atoms with Crippen molar-refractivity contribution in [1.82, 2.24) is 9.97 Å². The van der Waals surface area contributed by atoms with Gasteiger partial charge in [0.05, 0.1) is 11.9 Å². The zero-order valence-corrected chi connectivity index (χ0v) is 8.99. The van der Waals surface area contributed by atoms with Crippen LogP contribution in [0, 0.1) is 0 Å². The number of nitrogens with one attached hydrogen (secondary N) is 1. The Hall–Kier alpha value is -1.77. The van der Waals surface area contributed by atoms with Crippen LogP contribution in [-0.4, -0.2) is 9.97 Å². The molecule has 1 heterocycles. The number of benzene rings is 1. The van der Waals surface area contributed by atoms with Crippen LogP contribution in [0.4, 0.5) is 5.95 Å². The third-order valence-corrected chi connectivity index (χ3v) is 2.48. The fourth-order valence-electron chi connectivity index (χ4n) is 1.53. The molecule has 0 saturated carbocycles. The largest absolute Gasteiger partial charge is 0.369 e. The lowest BCUT2D eigenvalue weighted by Crippen LogP contribution is -1.87. The maximum atomic E-state index is 5.53. The second kappa shape index (κ2) is 3.77. The molecule has 0 fully saturated rings. The summed E-state index contributed by atoms with van der Waals surface area (Å²) in [4.78, 5) is 6.98. The molecule has 3 heteroatoms. The van der Waals surface area contributed by atoms with Gasteiger partial charge < -0.3 is 10.7 Å². The van der Waals surface area contributed by atoms with Crippen LogP contribution in [0.2, 0.25) is 0 Å². The fraction of sp³-hybridized carbons (Fsp3) is 0.250. The number of nitrogens with two attached hydrogens (primary N) is 1. The number of hydrogen-bond donors (Lipinski definition) is 2. The van der Waals surface area contributed by atoms with Crippen LogP contribution >= 0.6 is 0 Å². The molecule has 78 valence electrons. The number of nitrogens with zero attached hydrogens (tertiary/aromatic N) is 1. The molecule has 15 heavy (non-hydrogen) atoms. The van der Waals surface area contributed by atoms with Crippen molar-refractivity contribution < 1.29 is 0 Å². The smallest absolute Gasteiger partial charge is 0.197 e. The summed E-state index contributed by atoms with van der Waals surface area (Å²) in [5.41, 5.74) is 8.94. The Morgan fingerprint density at radius 3 is 2.33 bits per heavy atom. The first-order chi connectivity index (χ1) is 7.16. The summed E-state index contributed by atoms with van der Waals surface area (Å²) >= 11 is 0. The molecule has 0 aliphatic carbocycles. The van der Waals surface area contributed by atoms with Crippen LogP contribution in [0.15, 0.2) is 30.5 Å². The van der Waals surface area contributed by atoms with Gasteiger partial charge in [-0.15, -0.1) is 0 Å². The van der Waals surface area contributed by atoms with E-state index in [1.165, 1.54) is 5.56 Å². The van der Waals surface area contributed by atoms with Crippen molar-refractivity contribution in [3.8, 4) is 11.3 Å². The number of aromatic amines is 1. The van der Waals surface area contributed by atoms with Crippen molar-refractivity contribution in [2.75, 3.05) is 5.73 Å². The van der Waals surface area contributed by atoms with Crippen LogP contribution in [0.5, 0.6) is 0 Å². The minimum atomic E-state index is 0.456. The van der Waals surface area contributed by atoms with Gasteiger partial charge in [0.1, 0.15) is 0 Å². The number of rotatable bonds is 2. The Morgan fingerprint density at radius 1 is 1.20 bits per heavy atom. The molecule has 0 amide bonds. The predicted molar refractivity (Wildman–Crippen MR) is 62.5 cm³/mol. The summed E-state index contributed by atoms with van der Waals surface area (Å²) in [7, 11) is 0. The summed E-state index contributed by atoms with van der Waals surface area (Å²) in [6, 6.07) is 8.44. The standard InChI is InChI=1S/C12H15N3/c1-8(2)9-3-5-10(6-4-9)11-7-14-12(13)15-11/h3-8H,1-2H3,(H3,13,14,15). The highest BCUT2D eigenvalue weighted by Crippen LogP contribution is 2.21. The van der Waals surface area contributed by atoms with Crippen molar-refractivity contribution in [3.63, 3.8) is 0 Å². The average Bonchev–Trinajstić information content (AvgIpc) is 2.65. The van der Waals surface area contributed by atoms with E-state index in [0.717, 1.165) is 11.3 Å². The first-order valence-corrected chi connectivity index (χ1v) is 5.07. The first kappa shape index (κ1) is 9.77. The molecule has 0 spiro atoms. The zero-order valence-electron chi connectivity index (χ0n) is 8.99. The Labute approximate surface area is 89.4 Å². The molecule has 0 unspecified atom stereocenters. The molecule has 0 radical (unpaired) electrons. The van der Waals surface area contributed by atoms with E-state index in [-0.39, 0.29) is 0 Å². The van der Waals surface area contributed by atoms with Gasteiger partial charge in [-0.1, -0.05) is 38.1 Å². The molecule has 3 nitrogen and oxygen atoms in total. The van der Waals surface area contributed by atoms with Gasteiger partial charge in [0.25, 0.3) is 0 Å². The number of imidazole rings is 1. The van der Waals surface area contributed by atoms with Crippen LogP contribution in [0.1, 0.15) is 25.3 Å². The summed E-state index contributed by atoms with van der Waals surface area (Å²) in [5, 5.41) is 0. The van der Waals surface area contributed by atoms with E-state index >= 15 is 0 Å². The maximum Gasteiger partial charge on any atom is 0.197 e. The Balaban J connectivity index is 2.31. The Morgan fingerprint density at radius 2 is 1.87 bits per heavy atom. The van der Waals surface area contributed by atoms with Crippen LogP contribution in [-0.2, 0) is 0 Å². The van der Waals surface area contributed by atoms with Crippen molar-refractivity contribution in [2.24, 2.45) is 0 Å². The topological polar surface area (TPSA) is 54.7 Å². The molecule has 0 bridgehead atoms. The van der Waals surface area contributed by atoms with Crippen LogP contribution in [0.3, 0.4) is 0 Å². The normalized spacial score (nSPS) is 10.9. The third-order valence-electron chi connectivity index (χ3n) is 2.48. The first-order valence-electron chi connectivity index (χ1n) is 5.07. The summed E-state index contributed by atoms with van der Waals surface area (Å²) < 4.78 is 0. The zero-order chi connectivity index (χ0) is 10.8. The molecular weight excluding hydrogens is 186 g/mol. The van der Waals surface area contributed by atoms with Gasteiger partial charge in [-0.05, 0) is 17.0 Å². The van der Waals surface area contributed by atoms with E-state index in [0.29, 0.717) is 11.9 Å². The number of anilines is 1. The van der Waals surface area contributed by atoms with Crippen molar-refractivity contribution in [3.05, 3.63) is 36.0 Å². The van der Waals surface area contributed by atoms with Crippen LogP contribution < -0.4 is 5.73 Å². The van der Waals surface area contributed by atoms with Gasteiger partial charge in [0.15, 0.2) is 5.95 Å². The van der Waals surface area contributed by atoms with E-state index in [1.54, 1.807) is 6.20 Å². The second-order valence-electron chi connectivity index (χ2n) is 3.96. The predicted octanol–water partition coefficient (Wildman–Crippen LogP) is 2.78. The van der Waals surface area contributed by atoms with E-state index in [1.807, 2.05) is 0 Å². The van der Waals surface area contributed by atoms with Crippen LogP contribution in [0.25, 0.3) is 11.3 Å².